The molecule has 4 nitrogen and oxygen atoms in total. The van der Waals surface area contributed by atoms with Crippen molar-refractivity contribution in [1.29, 1.82) is 0 Å². The number of carbonyl (C=O) groups is 1. The minimum absolute atomic E-state index is 0.102. The molecule has 20 heavy (non-hydrogen) atoms. The summed E-state index contributed by atoms with van der Waals surface area (Å²) < 4.78 is 0. The second-order valence-corrected chi connectivity index (χ2v) is 6.16. The smallest absolute Gasteiger partial charge is 0.303 e. The van der Waals surface area contributed by atoms with Crippen molar-refractivity contribution in [1.82, 2.24) is 9.97 Å². The minimum atomic E-state index is -0.696. The van der Waals surface area contributed by atoms with Crippen LogP contribution in [0.1, 0.15) is 43.5 Å². The Labute approximate surface area is 118 Å². The second kappa shape index (κ2) is 4.93. The number of H-pyrrole nitrogens is 1. The van der Waals surface area contributed by atoms with Crippen LogP contribution in [-0.4, -0.2) is 21.0 Å². The highest BCUT2D eigenvalue weighted by atomic mass is 16.4. The fourth-order valence-electron chi connectivity index (χ4n) is 3.48. The fraction of sp³-hybridized carbons (Fsp3) is 0.500. The molecule has 1 aliphatic carbocycles. The van der Waals surface area contributed by atoms with Gasteiger partial charge in [-0.3, -0.25) is 4.79 Å². The summed E-state index contributed by atoms with van der Waals surface area (Å²) in [5.41, 5.74) is 3.11. The first-order chi connectivity index (χ1) is 9.56. The zero-order valence-electron chi connectivity index (χ0n) is 11.8. The molecule has 3 rings (SSSR count). The van der Waals surface area contributed by atoms with E-state index in [2.05, 4.69) is 29.0 Å². The number of nitrogens with one attached hydrogen (secondary N) is 1. The summed E-state index contributed by atoms with van der Waals surface area (Å²) in [5.74, 6) is 0.229. The quantitative estimate of drug-likeness (QED) is 0.895. The van der Waals surface area contributed by atoms with Crippen molar-refractivity contribution >= 4 is 17.0 Å². The molecule has 1 aromatic carbocycles. The number of fused-ring (bicyclic) bond motifs is 1. The molecule has 0 radical (unpaired) electrons. The number of nitrogens with zero attached hydrogens (tertiary/aromatic N) is 1. The Morgan fingerprint density at radius 2 is 2.15 bits per heavy atom. The van der Waals surface area contributed by atoms with E-state index in [0.717, 1.165) is 49.0 Å². The number of aromatic nitrogens is 2. The molecule has 0 bridgehead atoms. The number of carboxylic acid groups (broad SMARTS) is 1. The Bertz CT molecular complexity index is 639. The topological polar surface area (TPSA) is 66.0 Å². The van der Waals surface area contributed by atoms with Gasteiger partial charge in [0.1, 0.15) is 5.82 Å². The molecule has 1 aliphatic rings. The third-order valence-corrected chi connectivity index (χ3v) is 4.42. The van der Waals surface area contributed by atoms with Crippen LogP contribution < -0.4 is 0 Å². The van der Waals surface area contributed by atoms with Crippen molar-refractivity contribution in [2.75, 3.05) is 0 Å². The summed E-state index contributed by atoms with van der Waals surface area (Å²) in [5, 5.41) is 9.16. The Balaban J connectivity index is 1.88. The summed E-state index contributed by atoms with van der Waals surface area (Å²) in [7, 11) is 0. The van der Waals surface area contributed by atoms with Gasteiger partial charge in [-0.15, -0.1) is 0 Å². The van der Waals surface area contributed by atoms with Crippen molar-refractivity contribution in [3.63, 3.8) is 0 Å². The van der Waals surface area contributed by atoms with Crippen LogP contribution in [0.4, 0.5) is 0 Å². The molecule has 106 valence electrons. The van der Waals surface area contributed by atoms with Crippen LogP contribution >= 0.6 is 0 Å². The number of rotatable bonds is 4. The molecule has 1 fully saturated rings. The molecule has 0 amide bonds. The lowest BCUT2D eigenvalue weighted by atomic mass is 9.79. The van der Waals surface area contributed by atoms with Gasteiger partial charge in [0.25, 0.3) is 0 Å². The van der Waals surface area contributed by atoms with Crippen molar-refractivity contribution in [3.05, 3.63) is 29.6 Å². The van der Waals surface area contributed by atoms with Gasteiger partial charge >= 0.3 is 5.97 Å². The number of aliphatic carboxylic acids is 1. The first kappa shape index (κ1) is 13.2. The van der Waals surface area contributed by atoms with Crippen LogP contribution in [-0.2, 0) is 11.2 Å². The van der Waals surface area contributed by atoms with Gasteiger partial charge in [-0.2, -0.15) is 0 Å². The Morgan fingerprint density at radius 1 is 1.40 bits per heavy atom. The fourth-order valence-corrected chi connectivity index (χ4v) is 3.48. The van der Waals surface area contributed by atoms with E-state index in [-0.39, 0.29) is 11.8 Å². The number of aryl methyl sites for hydroxylation is 1. The lowest BCUT2D eigenvalue weighted by molar-refractivity contribution is -0.139. The average Bonchev–Trinajstić information content (AvgIpc) is 2.94. The van der Waals surface area contributed by atoms with E-state index < -0.39 is 5.97 Å². The van der Waals surface area contributed by atoms with Gasteiger partial charge in [0.05, 0.1) is 17.5 Å². The molecule has 0 spiro atoms. The van der Waals surface area contributed by atoms with Gasteiger partial charge in [0.15, 0.2) is 0 Å². The van der Waals surface area contributed by atoms with E-state index in [4.69, 9.17) is 5.11 Å². The lowest BCUT2D eigenvalue weighted by Gasteiger charge is -2.25. The number of imidazole rings is 1. The van der Waals surface area contributed by atoms with Crippen molar-refractivity contribution < 1.29 is 9.90 Å². The monoisotopic (exact) mass is 272 g/mol. The van der Waals surface area contributed by atoms with Gasteiger partial charge < -0.3 is 10.1 Å². The molecule has 0 aliphatic heterocycles. The van der Waals surface area contributed by atoms with Crippen molar-refractivity contribution in [2.45, 2.75) is 45.4 Å². The van der Waals surface area contributed by atoms with Gasteiger partial charge in [0, 0.05) is 6.42 Å². The van der Waals surface area contributed by atoms with E-state index in [1.165, 1.54) is 5.56 Å². The third-order valence-electron chi connectivity index (χ3n) is 4.42. The minimum Gasteiger partial charge on any atom is -0.481 e. The standard InChI is InChI=1S/C16H20N2O2/c1-11-4-5-12-13(8-11)18-14(17-12)9-16(10-15(19)20)6-2-3-7-16/h4-5,8H,2-3,6-7,9-10H2,1H3,(H,17,18)(H,19,20). The molecule has 2 N–H and O–H groups in total. The maximum atomic E-state index is 11.1. The van der Waals surface area contributed by atoms with E-state index >= 15 is 0 Å². The van der Waals surface area contributed by atoms with E-state index in [0.29, 0.717) is 0 Å². The molecule has 2 aromatic rings. The van der Waals surface area contributed by atoms with E-state index in [1.807, 2.05) is 6.07 Å². The van der Waals surface area contributed by atoms with Crippen LogP contribution in [0.3, 0.4) is 0 Å². The molecule has 1 saturated carbocycles. The normalized spacial score (nSPS) is 17.6. The van der Waals surface area contributed by atoms with Crippen LogP contribution in [0.2, 0.25) is 0 Å². The Hall–Kier alpha value is -1.84. The number of hydrogen-bond donors (Lipinski definition) is 2. The van der Waals surface area contributed by atoms with Crippen LogP contribution in [0, 0.1) is 12.3 Å². The molecule has 4 heteroatoms. The molecule has 0 atom stereocenters. The third kappa shape index (κ3) is 2.55. The number of aromatic amines is 1. The summed E-state index contributed by atoms with van der Waals surface area (Å²) in [6.07, 6.45) is 5.25. The van der Waals surface area contributed by atoms with Crippen LogP contribution in [0.25, 0.3) is 11.0 Å². The largest absolute Gasteiger partial charge is 0.481 e. The van der Waals surface area contributed by atoms with Gasteiger partial charge in [-0.05, 0) is 42.9 Å². The van der Waals surface area contributed by atoms with E-state index in [1.54, 1.807) is 0 Å². The van der Waals surface area contributed by atoms with Gasteiger partial charge in [0.2, 0.25) is 0 Å². The Morgan fingerprint density at radius 3 is 2.85 bits per heavy atom. The summed E-state index contributed by atoms with van der Waals surface area (Å²) in [6, 6.07) is 6.16. The summed E-state index contributed by atoms with van der Waals surface area (Å²) in [6.45, 7) is 2.06. The SMILES string of the molecule is Cc1ccc2nc(CC3(CC(=O)O)CCCC3)[nH]c2c1. The first-order valence-corrected chi connectivity index (χ1v) is 7.23. The highest BCUT2D eigenvalue weighted by Crippen LogP contribution is 2.43. The molecular weight excluding hydrogens is 252 g/mol. The zero-order valence-corrected chi connectivity index (χ0v) is 11.8. The predicted octanol–water partition coefficient (Wildman–Crippen LogP) is 3.45. The Kier molecular flexibility index (Phi) is 3.24. The highest BCUT2D eigenvalue weighted by Gasteiger charge is 2.37. The zero-order chi connectivity index (χ0) is 14.2. The van der Waals surface area contributed by atoms with Crippen molar-refractivity contribution in [3.8, 4) is 0 Å². The first-order valence-electron chi connectivity index (χ1n) is 7.23. The maximum absolute atomic E-state index is 11.1. The summed E-state index contributed by atoms with van der Waals surface area (Å²) in [4.78, 5) is 19.1. The molecule has 1 aromatic heterocycles. The molecule has 1 heterocycles. The van der Waals surface area contributed by atoms with Gasteiger partial charge in [-0.1, -0.05) is 18.9 Å². The highest BCUT2D eigenvalue weighted by molar-refractivity contribution is 5.75. The van der Waals surface area contributed by atoms with Crippen LogP contribution in [0.15, 0.2) is 18.2 Å². The number of carboxylic acids is 1. The summed E-state index contributed by atoms with van der Waals surface area (Å²) >= 11 is 0. The number of hydrogen-bond acceptors (Lipinski definition) is 2. The van der Waals surface area contributed by atoms with Crippen LogP contribution in [0.5, 0.6) is 0 Å². The van der Waals surface area contributed by atoms with Gasteiger partial charge in [-0.25, -0.2) is 4.98 Å². The second-order valence-electron chi connectivity index (χ2n) is 6.16. The predicted molar refractivity (Wildman–Crippen MR) is 77.7 cm³/mol. The van der Waals surface area contributed by atoms with Crippen molar-refractivity contribution in [2.24, 2.45) is 5.41 Å². The lowest BCUT2D eigenvalue weighted by Crippen LogP contribution is -2.24. The molecular formula is C16H20N2O2. The maximum Gasteiger partial charge on any atom is 0.303 e. The molecule has 0 saturated heterocycles. The van der Waals surface area contributed by atoms with E-state index in [9.17, 15) is 4.79 Å². The molecule has 0 unspecified atom stereocenters. The average molecular weight is 272 g/mol. The number of benzene rings is 1.